The average molecular weight is 1400 g/mol. The van der Waals surface area contributed by atoms with Crippen molar-refractivity contribution in [1.82, 2.24) is 5.32 Å². The van der Waals surface area contributed by atoms with Crippen LogP contribution in [0.25, 0.3) is 0 Å². The number of hydrogen-bond acceptors (Lipinski definition) is 18. The van der Waals surface area contributed by atoms with E-state index in [4.69, 9.17) is 28.4 Å². The first-order valence-corrected chi connectivity index (χ1v) is 40.6. The Balaban J connectivity index is 1.27. The lowest BCUT2D eigenvalue weighted by Crippen LogP contribution is -2.66. The van der Waals surface area contributed by atoms with Gasteiger partial charge in [0.1, 0.15) is 73.2 Å². The van der Waals surface area contributed by atoms with Gasteiger partial charge in [0.15, 0.2) is 18.9 Å². The Bertz CT molecular complexity index is 1870. The van der Waals surface area contributed by atoms with Gasteiger partial charge in [0.2, 0.25) is 5.91 Å². The summed E-state index contributed by atoms with van der Waals surface area (Å²) in [6.45, 7) is 1.82. The van der Waals surface area contributed by atoms with E-state index in [1.54, 1.807) is 0 Å². The van der Waals surface area contributed by atoms with E-state index in [0.717, 1.165) is 51.4 Å². The van der Waals surface area contributed by atoms with Crippen LogP contribution in [0.15, 0.2) is 24.3 Å². The Kier molecular flexibility index (Phi) is 55.9. The maximum absolute atomic E-state index is 13.5. The van der Waals surface area contributed by atoms with E-state index in [2.05, 4.69) is 43.5 Å². The molecular formula is C79H149NO18. The second kappa shape index (κ2) is 60.5. The minimum Gasteiger partial charge on any atom is -0.394 e. The Morgan fingerprint density at radius 2 is 0.673 bits per heavy atom. The Hall–Kier alpha value is -1.73. The minimum atomic E-state index is -1.97. The van der Waals surface area contributed by atoms with Crippen molar-refractivity contribution >= 4 is 5.91 Å². The van der Waals surface area contributed by atoms with E-state index in [-0.39, 0.29) is 18.9 Å². The quantitative estimate of drug-likeness (QED) is 0.0199. The highest BCUT2D eigenvalue weighted by Gasteiger charge is 2.54. The normalized spacial score (nSPS) is 26.8. The number of nitrogens with one attached hydrogen (secondary N) is 1. The predicted molar refractivity (Wildman–Crippen MR) is 388 cm³/mol. The fourth-order valence-electron chi connectivity index (χ4n) is 14.0. The molecule has 19 nitrogen and oxygen atoms in total. The molecule has 3 heterocycles. The number of hydrogen-bond donors (Lipinski definition) is 12. The number of rotatable bonds is 65. The van der Waals surface area contributed by atoms with Gasteiger partial charge in [-0.15, -0.1) is 0 Å². The molecule has 0 spiro atoms. The average Bonchev–Trinajstić information content (AvgIpc) is 0.785. The molecule has 3 fully saturated rings. The summed E-state index contributed by atoms with van der Waals surface area (Å²) in [5.41, 5.74) is 0. The fraction of sp³-hybridized carbons (Fsp3) is 0.937. The van der Waals surface area contributed by atoms with Gasteiger partial charge in [-0.2, -0.15) is 0 Å². The smallest absolute Gasteiger partial charge is 0.220 e. The third-order valence-electron chi connectivity index (χ3n) is 20.5. The van der Waals surface area contributed by atoms with Crippen LogP contribution in [-0.2, 0) is 33.2 Å². The van der Waals surface area contributed by atoms with Gasteiger partial charge in [-0.3, -0.25) is 4.79 Å². The van der Waals surface area contributed by atoms with Crippen molar-refractivity contribution in [3.63, 3.8) is 0 Å². The van der Waals surface area contributed by atoms with Gasteiger partial charge in [0.25, 0.3) is 0 Å². The second-order valence-electron chi connectivity index (χ2n) is 29.2. The van der Waals surface area contributed by atoms with Gasteiger partial charge in [-0.05, 0) is 44.9 Å². The molecule has 0 radical (unpaired) electrons. The lowest BCUT2D eigenvalue weighted by atomic mass is 9.96. The third kappa shape index (κ3) is 40.5. The van der Waals surface area contributed by atoms with Crippen LogP contribution < -0.4 is 5.32 Å². The van der Waals surface area contributed by atoms with Crippen molar-refractivity contribution in [3.8, 4) is 0 Å². The van der Waals surface area contributed by atoms with E-state index >= 15 is 0 Å². The van der Waals surface area contributed by atoms with Gasteiger partial charge >= 0.3 is 0 Å². The van der Waals surface area contributed by atoms with Crippen LogP contribution in [0.1, 0.15) is 341 Å². The zero-order valence-corrected chi connectivity index (χ0v) is 61.8. The number of unbranched alkanes of at least 4 members (excludes halogenated alkanes) is 45. The van der Waals surface area contributed by atoms with Gasteiger partial charge in [-0.1, -0.05) is 314 Å². The number of carbonyl (C=O) groups is 1. The van der Waals surface area contributed by atoms with Crippen LogP contribution in [0.2, 0.25) is 0 Å². The predicted octanol–water partition coefficient (Wildman–Crippen LogP) is 13.3. The summed E-state index contributed by atoms with van der Waals surface area (Å²) in [6, 6.07) is -0.884. The molecule has 0 aliphatic carbocycles. The van der Waals surface area contributed by atoms with Crippen LogP contribution in [-0.4, -0.2) is 193 Å². The molecule has 1 amide bonds. The van der Waals surface area contributed by atoms with E-state index < -0.39 is 124 Å². The first-order chi connectivity index (χ1) is 47.8. The maximum atomic E-state index is 13.5. The molecule has 0 bridgehead atoms. The highest BCUT2D eigenvalue weighted by molar-refractivity contribution is 5.76. The maximum Gasteiger partial charge on any atom is 0.220 e. The monoisotopic (exact) mass is 1400 g/mol. The van der Waals surface area contributed by atoms with E-state index in [0.29, 0.717) is 12.8 Å². The van der Waals surface area contributed by atoms with Crippen molar-refractivity contribution in [3.05, 3.63) is 24.3 Å². The number of carbonyl (C=O) groups excluding carboxylic acids is 1. The molecule has 0 aromatic heterocycles. The second-order valence-corrected chi connectivity index (χ2v) is 29.2. The molecular weight excluding hydrogens is 1250 g/mol. The molecule has 578 valence electrons. The van der Waals surface area contributed by atoms with Gasteiger partial charge < -0.3 is 89.9 Å². The summed E-state index contributed by atoms with van der Waals surface area (Å²) in [5.74, 6) is -0.236. The van der Waals surface area contributed by atoms with Crippen molar-refractivity contribution in [2.24, 2.45) is 0 Å². The molecule has 17 unspecified atom stereocenters. The molecule has 3 rings (SSSR count). The Labute approximate surface area is 594 Å². The molecule has 0 saturated carbocycles. The number of ether oxygens (including phenoxy) is 6. The fourth-order valence-corrected chi connectivity index (χ4v) is 14.0. The van der Waals surface area contributed by atoms with Gasteiger partial charge in [0.05, 0.1) is 38.6 Å². The minimum absolute atomic E-state index is 0.236. The summed E-state index contributed by atoms with van der Waals surface area (Å²) >= 11 is 0. The zero-order chi connectivity index (χ0) is 71.1. The molecule has 12 N–H and O–H groups in total. The topological polar surface area (TPSA) is 307 Å². The summed E-state index contributed by atoms with van der Waals surface area (Å²) in [4.78, 5) is 13.5. The van der Waals surface area contributed by atoms with Crippen molar-refractivity contribution in [2.45, 2.75) is 446 Å². The molecule has 3 aliphatic rings. The molecule has 3 saturated heterocycles. The first-order valence-electron chi connectivity index (χ1n) is 40.6. The lowest BCUT2D eigenvalue weighted by Gasteiger charge is -2.48. The molecule has 19 heteroatoms. The van der Waals surface area contributed by atoms with Gasteiger partial charge in [0, 0.05) is 6.42 Å². The van der Waals surface area contributed by atoms with Crippen LogP contribution in [0.4, 0.5) is 0 Å². The Morgan fingerprint density at radius 3 is 1.04 bits per heavy atom. The number of allylic oxidation sites excluding steroid dienone is 4. The Morgan fingerprint density at radius 1 is 0.367 bits per heavy atom. The molecule has 0 aromatic rings. The van der Waals surface area contributed by atoms with Crippen LogP contribution in [0, 0.1) is 0 Å². The molecule has 0 aromatic carbocycles. The van der Waals surface area contributed by atoms with Gasteiger partial charge in [-0.25, -0.2) is 0 Å². The van der Waals surface area contributed by atoms with Crippen molar-refractivity contribution in [2.75, 3.05) is 26.4 Å². The van der Waals surface area contributed by atoms with E-state index in [9.17, 15) is 61.0 Å². The molecule has 3 aliphatic heterocycles. The number of aliphatic hydroxyl groups excluding tert-OH is 11. The highest BCUT2D eigenvalue weighted by Crippen LogP contribution is 2.33. The third-order valence-corrected chi connectivity index (χ3v) is 20.5. The van der Waals surface area contributed by atoms with Crippen LogP contribution >= 0.6 is 0 Å². The van der Waals surface area contributed by atoms with Crippen LogP contribution in [0.5, 0.6) is 0 Å². The van der Waals surface area contributed by atoms with Crippen molar-refractivity contribution < 1.29 is 89.4 Å². The SMILES string of the molecule is CCCCCCC/C=C\C/C=C\CCCCCCCCCCCCCCCCCCCCCCCCCCCCCC(=O)NC(COC1OC(CO)C(OC2OC(CO)C(OC3OC(CO)C(O)C(O)C3O)C(O)C2O)C(O)C1O)C(O)CCCCCCCCCCCCCCCC. The number of aliphatic hydroxyl groups is 11. The van der Waals surface area contributed by atoms with Crippen LogP contribution in [0.3, 0.4) is 0 Å². The standard InChI is InChI=1S/C79H149NO18/c1-3-5-7-9-11-13-15-17-19-20-21-22-23-24-25-26-27-28-29-30-31-32-33-34-35-36-37-38-39-40-41-42-43-45-47-49-51-53-55-57-67(85)80-62(63(84)56-54-52-50-48-46-44-18-16-14-12-10-8-6-4-2)61-93-77-73(91)70(88)75(65(59-82)95-77)98-79-74(92)71(89)76(66(60-83)96-79)97-78-72(90)69(87)68(86)64(58-81)94-78/h15,17,20-21,62-66,68-79,81-84,86-92H,3-14,16,18-19,22-61H2,1-2H3,(H,80,85)/b17-15-,21-20-. The lowest BCUT2D eigenvalue weighted by molar-refractivity contribution is -0.379. The largest absolute Gasteiger partial charge is 0.394 e. The number of amides is 1. The summed E-state index contributed by atoms with van der Waals surface area (Å²) in [7, 11) is 0. The summed E-state index contributed by atoms with van der Waals surface area (Å²) in [6.07, 6.45) is 45.9. The van der Waals surface area contributed by atoms with E-state index in [1.165, 1.54) is 257 Å². The first kappa shape index (κ1) is 90.5. The highest BCUT2D eigenvalue weighted by atomic mass is 16.8. The van der Waals surface area contributed by atoms with Crippen molar-refractivity contribution in [1.29, 1.82) is 0 Å². The molecule has 98 heavy (non-hydrogen) atoms. The molecule has 17 atom stereocenters. The zero-order valence-electron chi connectivity index (χ0n) is 61.8. The van der Waals surface area contributed by atoms with E-state index in [1.807, 2.05) is 0 Å². The summed E-state index contributed by atoms with van der Waals surface area (Å²) < 4.78 is 34.5. The summed E-state index contributed by atoms with van der Waals surface area (Å²) in [5, 5.41) is 121.